The van der Waals surface area contributed by atoms with Crippen molar-refractivity contribution in [3.05, 3.63) is 54.4 Å². The van der Waals surface area contributed by atoms with Gasteiger partial charge in [0.2, 0.25) is 5.91 Å². The van der Waals surface area contributed by atoms with Gasteiger partial charge < -0.3 is 19.6 Å². The standard InChI is InChI=1S/C22H23N3O3/c1-14-6-5-11-25-13-19(24-20(14)25)15-7-4-8-16(12-15)23-21(26)17-9-2-3-10-18(17)22(27)28/h4-8,11-13,17-18H,2-3,9-10H2,1H3,(H,23,26)(H,27,28)/p-1/t17-,18-/m1/s1. The van der Waals surface area contributed by atoms with Crippen LogP contribution in [0.2, 0.25) is 0 Å². The predicted octanol–water partition coefficient (Wildman–Crippen LogP) is 2.80. The number of imidazole rings is 1. The summed E-state index contributed by atoms with van der Waals surface area (Å²) in [5.41, 5.74) is 4.32. The minimum Gasteiger partial charge on any atom is -0.550 e. The molecular weight excluding hydrogens is 354 g/mol. The van der Waals surface area contributed by atoms with E-state index in [1.54, 1.807) is 6.07 Å². The van der Waals surface area contributed by atoms with Crippen molar-refractivity contribution in [1.29, 1.82) is 0 Å². The number of anilines is 1. The Morgan fingerprint density at radius 3 is 2.68 bits per heavy atom. The summed E-state index contributed by atoms with van der Waals surface area (Å²) in [6.07, 6.45) is 6.68. The molecule has 2 aromatic heterocycles. The van der Waals surface area contributed by atoms with Crippen LogP contribution in [0.3, 0.4) is 0 Å². The van der Waals surface area contributed by atoms with Crippen LogP contribution in [0.4, 0.5) is 5.69 Å². The fourth-order valence-corrected chi connectivity index (χ4v) is 4.01. The Morgan fingerprint density at radius 2 is 1.93 bits per heavy atom. The third-order valence-corrected chi connectivity index (χ3v) is 5.51. The second kappa shape index (κ2) is 7.46. The summed E-state index contributed by atoms with van der Waals surface area (Å²) in [6, 6.07) is 11.5. The van der Waals surface area contributed by atoms with Crippen molar-refractivity contribution in [1.82, 2.24) is 9.38 Å². The molecule has 2 atom stereocenters. The molecule has 3 aromatic rings. The van der Waals surface area contributed by atoms with Crippen LogP contribution < -0.4 is 10.4 Å². The molecule has 1 aliphatic rings. The number of carboxylic acid groups (broad SMARTS) is 1. The van der Waals surface area contributed by atoms with E-state index in [-0.39, 0.29) is 5.91 Å². The molecule has 0 bridgehead atoms. The van der Waals surface area contributed by atoms with Gasteiger partial charge in [0, 0.05) is 41.4 Å². The van der Waals surface area contributed by atoms with Gasteiger partial charge in [0.1, 0.15) is 5.65 Å². The van der Waals surface area contributed by atoms with E-state index in [9.17, 15) is 14.7 Å². The molecule has 1 N–H and O–H groups in total. The Bertz CT molecular complexity index is 1040. The Balaban J connectivity index is 1.57. The van der Waals surface area contributed by atoms with Gasteiger partial charge in [-0.3, -0.25) is 4.79 Å². The van der Waals surface area contributed by atoms with Crippen molar-refractivity contribution in [2.24, 2.45) is 11.8 Å². The molecule has 0 unspecified atom stereocenters. The number of nitrogens with zero attached hydrogens (tertiary/aromatic N) is 2. The summed E-state index contributed by atoms with van der Waals surface area (Å²) in [7, 11) is 0. The van der Waals surface area contributed by atoms with Crippen LogP contribution in [-0.2, 0) is 9.59 Å². The molecule has 1 saturated carbocycles. The van der Waals surface area contributed by atoms with Crippen LogP contribution in [0, 0.1) is 18.8 Å². The number of amides is 1. The first kappa shape index (κ1) is 18.2. The molecule has 0 radical (unpaired) electrons. The molecule has 0 aliphatic heterocycles. The van der Waals surface area contributed by atoms with Crippen molar-refractivity contribution in [2.45, 2.75) is 32.6 Å². The maximum absolute atomic E-state index is 12.7. The predicted molar refractivity (Wildman–Crippen MR) is 104 cm³/mol. The van der Waals surface area contributed by atoms with Crippen molar-refractivity contribution in [3.63, 3.8) is 0 Å². The second-order valence-corrected chi connectivity index (χ2v) is 7.43. The van der Waals surface area contributed by atoms with E-state index in [1.165, 1.54) is 0 Å². The normalized spacial score (nSPS) is 19.5. The average molecular weight is 376 g/mol. The third kappa shape index (κ3) is 3.50. The van der Waals surface area contributed by atoms with E-state index in [1.807, 2.05) is 54.0 Å². The number of aromatic nitrogens is 2. The van der Waals surface area contributed by atoms with Gasteiger partial charge in [-0.1, -0.05) is 31.0 Å². The van der Waals surface area contributed by atoms with E-state index in [0.717, 1.165) is 35.3 Å². The number of rotatable bonds is 4. The monoisotopic (exact) mass is 376 g/mol. The Labute approximate surface area is 163 Å². The first-order valence-corrected chi connectivity index (χ1v) is 9.59. The molecule has 0 saturated heterocycles. The van der Waals surface area contributed by atoms with Crippen LogP contribution in [-0.4, -0.2) is 21.3 Å². The Kier molecular flexibility index (Phi) is 4.86. The lowest BCUT2D eigenvalue weighted by atomic mass is 9.78. The van der Waals surface area contributed by atoms with Gasteiger partial charge in [0.05, 0.1) is 5.69 Å². The SMILES string of the molecule is Cc1cccn2cc(-c3cccc(NC(=O)[C@@H]4CCCC[C@H]4C(=O)[O-])c3)nc12. The van der Waals surface area contributed by atoms with E-state index in [4.69, 9.17) is 4.98 Å². The molecule has 2 heterocycles. The van der Waals surface area contributed by atoms with E-state index < -0.39 is 17.8 Å². The van der Waals surface area contributed by atoms with Crippen molar-refractivity contribution >= 4 is 23.2 Å². The summed E-state index contributed by atoms with van der Waals surface area (Å²) >= 11 is 0. The number of hydrogen-bond donors (Lipinski definition) is 1. The van der Waals surface area contributed by atoms with E-state index in [0.29, 0.717) is 18.5 Å². The fourth-order valence-electron chi connectivity index (χ4n) is 4.01. The van der Waals surface area contributed by atoms with Crippen LogP contribution in [0.1, 0.15) is 31.2 Å². The van der Waals surface area contributed by atoms with Gasteiger partial charge in [0.25, 0.3) is 0 Å². The highest BCUT2D eigenvalue weighted by Gasteiger charge is 2.31. The van der Waals surface area contributed by atoms with Gasteiger partial charge in [0.15, 0.2) is 0 Å². The van der Waals surface area contributed by atoms with Crippen molar-refractivity contribution in [2.75, 3.05) is 5.32 Å². The number of hydrogen-bond acceptors (Lipinski definition) is 4. The van der Waals surface area contributed by atoms with Gasteiger partial charge in [-0.05, 0) is 43.5 Å². The average Bonchev–Trinajstić information content (AvgIpc) is 3.14. The fraction of sp³-hybridized carbons (Fsp3) is 0.318. The lowest BCUT2D eigenvalue weighted by Crippen LogP contribution is -2.42. The summed E-state index contributed by atoms with van der Waals surface area (Å²) in [6.45, 7) is 2.01. The molecule has 1 aromatic carbocycles. The maximum atomic E-state index is 12.7. The van der Waals surface area contributed by atoms with Crippen LogP contribution in [0.5, 0.6) is 0 Å². The number of fused-ring (bicyclic) bond motifs is 1. The Morgan fingerprint density at radius 1 is 1.14 bits per heavy atom. The van der Waals surface area contributed by atoms with E-state index in [2.05, 4.69) is 5.32 Å². The Hall–Kier alpha value is -3.15. The lowest BCUT2D eigenvalue weighted by molar-refractivity contribution is -0.313. The number of benzene rings is 1. The largest absolute Gasteiger partial charge is 0.550 e. The molecule has 144 valence electrons. The summed E-state index contributed by atoms with van der Waals surface area (Å²) in [5, 5.41) is 14.3. The van der Waals surface area contributed by atoms with Gasteiger partial charge >= 0.3 is 0 Å². The van der Waals surface area contributed by atoms with Gasteiger partial charge in [-0.2, -0.15) is 0 Å². The summed E-state index contributed by atoms with van der Waals surface area (Å²) in [4.78, 5) is 28.8. The molecule has 1 aliphatic carbocycles. The van der Waals surface area contributed by atoms with Crippen LogP contribution in [0.25, 0.3) is 16.9 Å². The first-order valence-electron chi connectivity index (χ1n) is 9.59. The second-order valence-electron chi connectivity index (χ2n) is 7.43. The minimum absolute atomic E-state index is 0.253. The quantitative estimate of drug-likeness (QED) is 0.759. The molecule has 0 spiro atoms. The molecule has 6 nitrogen and oxygen atoms in total. The van der Waals surface area contributed by atoms with Crippen molar-refractivity contribution < 1.29 is 14.7 Å². The molecular formula is C22H22N3O3-. The summed E-state index contributed by atoms with van der Waals surface area (Å²) in [5.74, 6) is -2.64. The summed E-state index contributed by atoms with van der Waals surface area (Å²) < 4.78 is 1.97. The number of pyridine rings is 1. The van der Waals surface area contributed by atoms with E-state index >= 15 is 0 Å². The molecule has 1 fully saturated rings. The number of nitrogens with one attached hydrogen (secondary N) is 1. The van der Waals surface area contributed by atoms with Crippen LogP contribution >= 0.6 is 0 Å². The number of aryl methyl sites for hydroxylation is 1. The van der Waals surface area contributed by atoms with Gasteiger partial charge in [-0.25, -0.2) is 4.98 Å². The zero-order valence-electron chi connectivity index (χ0n) is 15.7. The highest BCUT2D eigenvalue weighted by molar-refractivity contribution is 5.95. The van der Waals surface area contributed by atoms with Crippen LogP contribution in [0.15, 0.2) is 48.8 Å². The number of carbonyl (C=O) groups excluding carboxylic acids is 2. The molecule has 4 rings (SSSR count). The molecule has 6 heteroatoms. The topological polar surface area (TPSA) is 86.5 Å². The number of carbonyl (C=O) groups is 2. The highest BCUT2D eigenvalue weighted by atomic mass is 16.4. The zero-order chi connectivity index (χ0) is 19.7. The molecule has 1 amide bonds. The highest BCUT2D eigenvalue weighted by Crippen LogP contribution is 2.31. The smallest absolute Gasteiger partial charge is 0.228 e. The van der Waals surface area contributed by atoms with Crippen molar-refractivity contribution in [3.8, 4) is 11.3 Å². The number of aliphatic carboxylic acids is 1. The maximum Gasteiger partial charge on any atom is 0.228 e. The third-order valence-electron chi connectivity index (χ3n) is 5.51. The minimum atomic E-state index is -1.13. The number of carboxylic acids is 1. The molecule has 28 heavy (non-hydrogen) atoms. The zero-order valence-corrected chi connectivity index (χ0v) is 15.7. The first-order chi connectivity index (χ1) is 13.5. The lowest BCUT2D eigenvalue weighted by Gasteiger charge is -2.31. The van der Waals surface area contributed by atoms with Gasteiger partial charge in [-0.15, -0.1) is 0 Å².